The van der Waals surface area contributed by atoms with Gasteiger partial charge in [0.05, 0.1) is 11.3 Å². The van der Waals surface area contributed by atoms with Crippen LogP contribution in [-0.4, -0.2) is 16.3 Å². The van der Waals surface area contributed by atoms with Crippen molar-refractivity contribution in [3.63, 3.8) is 0 Å². The third-order valence-corrected chi connectivity index (χ3v) is 6.58. The topological polar surface area (TPSA) is 48.3 Å². The molecule has 176 valence electrons. The van der Waals surface area contributed by atoms with Crippen LogP contribution >= 0.6 is 0 Å². The molecule has 1 heterocycles. The summed E-state index contributed by atoms with van der Waals surface area (Å²) in [6.07, 6.45) is 0.583. The highest BCUT2D eigenvalue weighted by Gasteiger charge is 2.37. The maximum absolute atomic E-state index is 13.3. The number of hydrogen-bond donors (Lipinski definition) is 0. The number of ether oxygens (including phenoxy) is 1. The lowest BCUT2D eigenvalue weighted by Crippen LogP contribution is -2.28. The van der Waals surface area contributed by atoms with Gasteiger partial charge in [0.1, 0.15) is 0 Å². The number of carbonyl (C=O) groups is 2. The minimum atomic E-state index is -0.675. The Balaban J connectivity index is 1.69. The smallest absolute Gasteiger partial charge is 0.339 e. The predicted octanol–water partition coefficient (Wildman–Crippen LogP) is 6.89. The minimum Gasteiger partial charge on any atom is -0.447 e. The van der Waals surface area contributed by atoms with Gasteiger partial charge in [-0.1, -0.05) is 80.1 Å². The molecule has 1 aliphatic rings. The van der Waals surface area contributed by atoms with E-state index in [4.69, 9.17) is 4.74 Å². The molecule has 1 aliphatic carbocycles. The van der Waals surface area contributed by atoms with E-state index in [0.717, 1.165) is 40.2 Å². The molecular weight excluding hydrogens is 434 g/mol. The molecule has 0 amide bonds. The van der Waals surface area contributed by atoms with Crippen molar-refractivity contribution in [1.29, 1.82) is 0 Å². The Hall–Kier alpha value is -3.92. The van der Waals surface area contributed by atoms with Crippen molar-refractivity contribution in [2.45, 2.75) is 39.7 Å². The van der Waals surface area contributed by atoms with E-state index in [9.17, 15) is 9.59 Å². The van der Waals surface area contributed by atoms with Gasteiger partial charge >= 0.3 is 5.97 Å². The minimum absolute atomic E-state index is 0.129. The molecule has 1 atom stereocenters. The Kier molecular flexibility index (Phi) is 5.89. The zero-order chi connectivity index (χ0) is 24.6. The Bertz CT molecular complexity index is 1380. The van der Waals surface area contributed by atoms with E-state index in [2.05, 4.69) is 18.4 Å². The lowest BCUT2D eigenvalue weighted by molar-refractivity contribution is 0.0367. The summed E-state index contributed by atoms with van der Waals surface area (Å²) in [7, 11) is 0. The maximum Gasteiger partial charge on any atom is 0.339 e. The molecule has 0 N–H and O–H groups in total. The second-order valence-electron chi connectivity index (χ2n) is 10.1. The first kappa shape index (κ1) is 22.9. The standard InChI is InChI=1S/C31H29NO3/c1-21-11-10-14-23(17-21)30(34)35-29(22-12-6-4-7-13-22)26-18-25-27(19-31(2,3)20-28(25)33)32(26)24-15-8-5-9-16-24/h4-18,29H,19-20H2,1-3H3. The van der Waals surface area contributed by atoms with Crippen molar-refractivity contribution in [2.75, 3.05) is 0 Å². The lowest BCUT2D eigenvalue weighted by Gasteiger charge is -2.30. The van der Waals surface area contributed by atoms with E-state index in [-0.39, 0.29) is 11.2 Å². The molecule has 0 aliphatic heterocycles. The predicted molar refractivity (Wildman–Crippen MR) is 137 cm³/mol. The fourth-order valence-corrected chi connectivity index (χ4v) is 4.98. The number of aromatic nitrogens is 1. The van der Waals surface area contributed by atoms with Crippen LogP contribution in [0.4, 0.5) is 0 Å². The number of para-hydroxylation sites is 1. The van der Waals surface area contributed by atoms with E-state index >= 15 is 0 Å². The second kappa shape index (κ2) is 9.03. The normalized spacial score (nSPS) is 15.3. The number of carbonyl (C=O) groups excluding carboxylic acids is 2. The van der Waals surface area contributed by atoms with Crippen LogP contribution in [0.1, 0.15) is 69.6 Å². The zero-order valence-corrected chi connectivity index (χ0v) is 20.3. The van der Waals surface area contributed by atoms with Crippen LogP contribution in [0.3, 0.4) is 0 Å². The van der Waals surface area contributed by atoms with E-state index < -0.39 is 12.1 Å². The first-order valence-corrected chi connectivity index (χ1v) is 12.0. The van der Waals surface area contributed by atoms with Crippen molar-refractivity contribution in [2.24, 2.45) is 5.41 Å². The molecule has 4 aromatic rings. The Morgan fingerprint density at radius 3 is 2.26 bits per heavy atom. The van der Waals surface area contributed by atoms with Gasteiger partial charge in [0, 0.05) is 23.4 Å². The van der Waals surface area contributed by atoms with Crippen LogP contribution in [-0.2, 0) is 11.2 Å². The Morgan fingerprint density at radius 2 is 1.57 bits per heavy atom. The molecular formula is C31H29NO3. The number of Topliss-reactive ketones (excluding diaryl/α,β-unsaturated/α-hetero) is 1. The van der Waals surface area contributed by atoms with Gasteiger partial charge in [-0.2, -0.15) is 0 Å². The Morgan fingerprint density at radius 1 is 0.886 bits per heavy atom. The summed E-state index contributed by atoms with van der Waals surface area (Å²) in [5, 5.41) is 0. The fraction of sp³-hybridized carbons (Fsp3) is 0.226. The number of benzene rings is 3. The fourth-order valence-electron chi connectivity index (χ4n) is 4.98. The summed E-state index contributed by atoms with van der Waals surface area (Å²) < 4.78 is 8.34. The summed E-state index contributed by atoms with van der Waals surface area (Å²) >= 11 is 0. The van der Waals surface area contributed by atoms with Crippen LogP contribution in [0.25, 0.3) is 5.69 Å². The number of fused-ring (bicyclic) bond motifs is 1. The molecule has 5 rings (SSSR count). The van der Waals surface area contributed by atoms with Crippen LogP contribution in [0.5, 0.6) is 0 Å². The number of rotatable bonds is 5. The van der Waals surface area contributed by atoms with E-state index in [0.29, 0.717) is 12.0 Å². The van der Waals surface area contributed by atoms with Crippen molar-refractivity contribution >= 4 is 11.8 Å². The monoisotopic (exact) mass is 463 g/mol. The average Bonchev–Trinajstić information content (AvgIpc) is 3.21. The molecule has 0 fully saturated rings. The summed E-state index contributed by atoms with van der Waals surface area (Å²) in [5.74, 6) is -0.267. The van der Waals surface area contributed by atoms with Crippen LogP contribution in [0.2, 0.25) is 0 Å². The van der Waals surface area contributed by atoms with Crippen molar-refractivity contribution in [3.05, 3.63) is 125 Å². The number of ketones is 1. The maximum atomic E-state index is 13.3. The van der Waals surface area contributed by atoms with Gasteiger partial charge < -0.3 is 9.30 Å². The van der Waals surface area contributed by atoms with Gasteiger partial charge in [-0.05, 0) is 54.7 Å². The van der Waals surface area contributed by atoms with Gasteiger partial charge in [0.2, 0.25) is 0 Å². The van der Waals surface area contributed by atoms with Gasteiger partial charge in [0.25, 0.3) is 0 Å². The van der Waals surface area contributed by atoms with Crippen LogP contribution < -0.4 is 0 Å². The molecule has 35 heavy (non-hydrogen) atoms. The highest BCUT2D eigenvalue weighted by molar-refractivity contribution is 5.99. The first-order chi connectivity index (χ1) is 16.8. The van der Waals surface area contributed by atoms with Gasteiger partial charge in [-0.25, -0.2) is 4.79 Å². The molecule has 4 nitrogen and oxygen atoms in total. The molecule has 0 saturated heterocycles. The van der Waals surface area contributed by atoms with Crippen LogP contribution in [0.15, 0.2) is 91.0 Å². The molecule has 1 unspecified atom stereocenters. The largest absolute Gasteiger partial charge is 0.447 e. The summed E-state index contributed by atoms with van der Waals surface area (Å²) in [6.45, 7) is 6.21. The zero-order valence-electron chi connectivity index (χ0n) is 20.3. The summed E-state index contributed by atoms with van der Waals surface area (Å²) in [5.41, 5.74) is 5.62. The molecule has 0 saturated carbocycles. The molecule has 1 aromatic heterocycles. The second-order valence-corrected chi connectivity index (χ2v) is 10.1. The van der Waals surface area contributed by atoms with Gasteiger partial charge in [-0.15, -0.1) is 0 Å². The molecule has 3 aromatic carbocycles. The molecule has 0 spiro atoms. The lowest BCUT2D eigenvalue weighted by atomic mass is 9.76. The van der Waals surface area contributed by atoms with Crippen LogP contribution in [0, 0.1) is 12.3 Å². The molecule has 4 heteroatoms. The first-order valence-electron chi connectivity index (χ1n) is 12.0. The Labute approximate surface area is 206 Å². The van der Waals surface area contributed by atoms with Crippen molar-refractivity contribution in [3.8, 4) is 5.69 Å². The van der Waals surface area contributed by atoms with E-state index in [1.165, 1.54) is 0 Å². The number of esters is 1. The number of aryl methyl sites for hydroxylation is 1. The van der Waals surface area contributed by atoms with Crippen molar-refractivity contribution in [1.82, 2.24) is 4.57 Å². The molecule has 0 radical (unpaired) electrons. The van der Waals surface area contributed by atoms with E-state index in [1.807, 2.05) is 91.9 Å². The summed E-state index contributed by atoms with van der Waals surface area (Å²) in [4.78, 5) is 26.5. The number of hydrogen-bond acceptors (Lipinski definition) is 3. The highest BCUT2D eigenvalue weighted by Crippen LogP contribution is 2.41. The third-order valence-electron chi connectivity index (χ3n) is 6.58. The van der Waals surface area contributed by atoms with Crippen molar-refractivity contribution < 1.29 is 14.3 Å². The SMILES string of the molecule is Cc1cccc(C(=O)OC(c2ccccc2)c2cc3c(n2-c2ccccc2)CC(C)(C)CC3=O)c1. The quantitative estimate of drug-likeness (QED) is 0.303. The molecule has 0 bridgehead atoms. The highest BCUT2D eigenvalue weighted by atomic mass is 16.5. The van der Waals surface area contributed by atoms with Gasteiger partial charge in [-0.3, -0.25) is 4.79 Å². The third kappa shape index (κ3) is 4.57. The van der Waals surface area contributed by atoms with E-state index in [1.54, 1.807) is 6.07 Å². The number of nitrogens with zero attached hydrogens (tertiary/aromatic N) is 1. The summed E-state index contributed by atoms with van der Waals surface area (Å²) in [6, 6.07) is 29.1. The van der Waals surface area contributed by atoms with Gasteiger partial charge in [0.15, 0.2) is 11.9 Å². The average molecular weight is 464 g/mol.